The molecule has 0 radical (unpaired) electrons. The van der Waals surface area contributed by atoms with Gasteiger partial charge in [-0.15, -0.1) is 0 Å². The fourth-order valence-electron chi connectivity index (χ4n) is 0. The van der Waals surface area contributed by atoms with Crippen molar-refractivity contribution >= 4 is 20.8 Å². The quantitative estimate of drug-likeness (QED) is 0.395. The van der Waals surface area contributed by atoms with Gasteiger partial charge in [0.25, 0.3) is 0 Å². The maximum Gasteiger partial charge on any atom is 0.322 e. The normalized spacial score (nSPS) is 12.2. The van der Waals surface area contributed by atoms with Crippen molar-refractivity contribution in [3.63, 3.8) is 0 Å². The number of nitrogens with two attached hydrogens (primary N) is 1. The summed E-state index contributed by atoms with van der Waals surface area (Å²) < 4.78 is 23.0. The fraction of sp³-hybridized carbons (Fsp3) is 0. The van der Waals surface area contributed by atoms with Crippen LogP contribution in [0.5, 0.6) is 0 Å². The Morgan fingerprint density at radius 3 is 1.83 bits per heavy atom. The highest BCUT2D eigenvalue weighted by molar-refractivity contribution is 7.85. The van der Waals surface area contributed by atoms with E-state index in [1.165, 1.54) is 0 Å². The molecule has 0 atom stereocenters. The zero-order valence-corrected chi connectivity index (χ0v) is 6.03. The van der Waals surface area contributed by atoms with Crippen LogP contribution in [0.15, 0.2) is 0 Å². The molecule has 6 heteroatoms. The van der Waals surface area contributed by atoms with Gasteiger partial charge in [-0.2, -0.15) is 8.42 Å². The summed E-state index contributed by atoms with van der Waals surface area (Å²) in [5.41, 5.74) is 0. The van der Waals surface area contributed by atoms with E-state index in [1.807, 2.05) is 0 Å². The van der Waals surface area contributed by atoms with E-state index >= 15 is 0 Å². The van der Waals surface area contributed by atoms with Gasteiger partial charge in [-0.25, -0.2) is 5.14 Å². The van der Waals surface area contributed by atoms with Gasteiger partial charge < -0.3 is 3.87 Å². The molecule has 0 aliphatic heterocycles. The molecule has 0 saturated carbocycles. The van der Waals surface area contributed by atoms with Gasteiger partial charge in [-0.3, -0.25) is 0 Å². The summed E-state index contributed by atoms with van der Waals surface area (Å²) in [6.07, 6.45) is 0. The Morgan fingerprint density at radius 2 is 1.83 bits per heavy atom. The third-order valence-corrected chi connectivity index (χ3v) is 2.09. The molecule has 38 valence electrons. The summed E-state index contributed by atoms with van der Waals surface area (Å²) in [6.45, 7) is 0. The molecule has 0 aromatic heterocycles. The van der Waals surface area contributed by atoms with E-state index in [4.69, 9.17) is 0 Å². The van der Waals surface area contributed by atoms with Crippen LogP contribution in [0.3, 0.4) is 0 Å². The first-order chi connectivity index (χ1) is 2.56. The minimum atomic E-state index is -3.60. The predicted octanol–water partition coefficient (Wildman–Crippen LogP) is -2.51. The first-order valence-corrected chi connectivity index (χ1v) is 3.43. The molecule has 0 aliphatic rings. The Morgan fingerprint density at radius 1 is 1.67 bits per heavy atom. The van der Waals surface area contributed by atoms with E-state index in [1.54, 1.807) is 0 Å². The SMILES string of the molecule is NS(=O)(=O)O[SiH3]. The lowest BCUT2D eigenvalue weighted by molar-refractivity contribution is 0.509. The second kappa shape index (κ2) is 1.69. The number of hydrogen-bond acceptors (Lipinski definition) is 3. The highest BCUT2D eigenvalue weighted by atomic mass is 32.2. The fourth-order valence-corrected chi connectivity index (χ4v) is 0. The van der Waals surface area contributed by atoms with E-state index in [-0.39, 0.29) is 10.5 Å². The molecule has 0 unspecified atom stereocenters. The molecular formula is H5NO3SSi. The van der Waals surface area contributed by atoms with Crippen LogP contribution in [0.25, 0.3) is 0 Å². The van der Waals surface area contributed by atoms with E-state index in [2.05, 4.69) is 9.01 Å². The number of hydrogen-bond donors (Lipinski definition) is 1. The van der Waals surface area contributed by atoms with Crippen LogP contribution >= 0.6 is 0 Å². The van der Waals surface area contributed by atoms with Crippen molar-refractivity contribution in [1.82, 2.24) is 0 Å². The summed E-state index contributed by atoms with van der Waals surface area (Å²) in [5, 5.41) is 4.32. The van der Waals surface area contributed by atoms with Gasteiger partial charge in [0.1, 0.15) is 0 Å². The van der Waals surface area contributed by atoms with Gasteiger partial charge in [0.05, 0.1) is 0 Å². The molecule has 2 N–H and O–H groups in total. The molecule has 0 bridgehead atoms. The third kappa shape index (κ3) is 4.09. The van der Waals surface area contributed by atoms with Gasteiger partial charge in [0, 0.05) is 0 Å². The van der Waals surface area contributed by atoms with Crippen LogP contribution in [0.4, 0.5) is 0 Å². The van der Waals surface area contributed by atoms with E-state index in [9.17, 15) is 8.42 Å². The highest BCUT2D eigenvalue weighted by Gasteiger charge is 1.90. The molecule has 0 saturated heterocycles. The average molecular weight is 127 g/mol. The standard InChI is InChI=1S/H5NO3SSi/c1-5(2,3)4-6/h6H3,(H2,1,2,3). The number of rotatable bonds is 1. The maximum absolute atomic E-state index is 9.59. The van der Waals surface area contributed by atoms with Crippen LogP contribution in [0, 0.1) is 0 Å². The van der Waals surface area contributed by atoms with E-state index in [0.29, 0.717) is 0 Å². The molecule has 4 nitrogen and oxygen atoms in total. The van der Waals surface area contributed by atoms with Crippen molar-refractivity contribution in [2.75, 3.05) is 0 Å². The minimum absolute atomic E-state index is 0.135. The van der Waals surface area contributed by atoms with Crippen molar-refractivity contribution in [3.8, 4) is 0 Å². The second-order valence-corrected chi connectivity index (χ2v) is 2.98. The van der Waals surface area contributed by atoms with Crippen LogP contribution in [0.1, 0.15) is 0 Å². The van der Waals surface area contributed by atoms with Gasteiger partial charge >= 0.3 is 10.3 Å². The van der Waals surface area contributed by atoms with Crippen molar-refractivity contribution in [3.05, 3.63) is 0 Å². The molecule has 0 aliphatic carbocycles. The summed E-state index contributed by atoms with van der Waals surface area (Å²) in [7, 11) is -3.47. The van der Waals surface area contributed by atoms with Crippen molar-refractivity contribution < 1.29 is 12.3 Å². The molecule has 0 amide bonds. The van der Waals surface area contributed by atoms with Crippen LogP contribution in [0.2, 0.25) is 0 Å². The van der Waals surface area contributed by atoms with Crippen molar-refractivity contribution in [2.24, 2.45) is 5.14 Å². The molecule has 0 aromatic rings. The molecule has 6 heavy (non-hydrogen) atoms. The Labute approximate surface area is 39.1 Å². The summed E-state index contributed by atoms with van der Waals surface area (Å²) in [5.74, 6) is 0. The zero-order valence-electron chi connectivity index (χ0n) is 3.21. The lowest BCUT2D eigenvalue weighted by Crippen LogP contribution is -2.13. The topological polar surface area (TPSA) is 69.4 Å². The van der Waals surface area contributed by atoms with E-state index < -0.39 is 10.3 Å². The summed E-state index contributed by atoms with van der Waals surface area (Å²) in [4.78, 5) is 0. The predicted molar refractivity (Wildman–Crippen MR) is 24.1 cm³/mol. The Balaban J connectivity index is 3.85. The lowest BCUT2D eigenvalue weighted by Gasteiger charge is -1.85. The average Bonchev–Trinajstić information content (AvgIpc) is 1.35. The summed E-state index contributed by atoms with van der Waals surface area (Å²) in [6, 6.07) is 0. The second-order valence-electron chi connectivity index (χ2n) is 0.659. The first kappa shape index (κ1) is 6.09. The van der Waals surface area contributed by atoms with Crippen LogP contribution in [-0.4, -0.2) is 18.9 Å². The van der Waals surface area contributed by atoms with Gasteiger partial charge in [-0.05, 0) is 0 Å². The summed E-state index contributed by atoms with van der Waals surface area (Å²) >= 11 is 0. The Bertz CT molecular complexity index is 113. The molecule has 0 aromatic carbocycles. The maximum atomic E-state index is 9.59. The lowest BCUT2D eigenvalue weighted by atomic mass is 13.9. The van der Waals surface area contributed by atoms with E-state index in [0.717, 1.165) is 0 Å². The highest BCUT2D eigenvalue weighted by Crippen LogP contribution is 1.67. The molecular weight excluding hydrogens is 122 g/mol. The first-order valence-electron chi connectivity index (χ1n) is 1.14. The Kier molecular flexibility index (Phi) is 1.72. The molecule has 0 rings (SSSR count). The third-order valence-electron chi connectivity index (χ3n) is 0.232. The smallest absolute Gasteiger partial charge is 0.315 e. The monoisotopic (exact) mass is 127 g/mol. The van der Waals surface area contributed by atoms with Crippen molar-refractivity contribution in [2.45, 2.75) is 0 Å². The zero-order chi connectivity index (χ0) is 5.21. The van der Waals surface area contributed by atoms with Crippen LogP contribution < -0.4 is 5.14 Å². The van der Waals surface area contributed by atoms with Gasteiger partial charge in [0.15, 0.2) is 10.5 Å². The molecule has 0 fully saturated rings. The Hall–Kier alpha value is 0.0869. The van der Waals surface area contributed by atoms with Crippen molar-refractivity contribution in [1.29, 1.82) is 0 Å². The molecule has 0 heterocycles. The van der Waals surface area contributed by atoms with Gasteiger partial charge in [-0.1, -0.05) is 0 Å². The van der Waals surface area contributed by atoms with Gasteiger partial charge in [0.2, 0.25) is 0 Å². The largest absolute Gasteiger partial charge is 0.322 e. The minimum Gasteiger partial charge on any atom is -0.315 e. The van der Waals surface area contributed by atoms with Crippen LogP contribution in [-0.2, 0) is 14.2 Å². The molecule has 0 spiro atoms.